The van der Waals surface area contributed by atoms with E-state index in [1.54, 1.807) is 23.8 Å². The minimum atomic E-state index is 0.0101. The third-order valence-corrected chi connectivity index (χ3v) is 4.55. The van der Waals surface area contributed by atoms with Gasteiger partial charge in [-0.05, 0) is 37.1 Å². The Bertz CT molecular complexity index is 978. The van der Waals surface area contributed by atoms with Crippen LogP contribution in [-0.4, -0.2) is 17.8 Å². The van der Waals surface area contributed by atoms with Gasteiger partial charge in [0.2, 0.25) is 0 Å². The number of hydrogen-bond donors (Lipinski definition) is 1. The molecule has 3 aromatic rings. The molecule has 0 amide bonds. The van der Waals surface area contributed by atoms with Crippen molar-refractivity contribution >= 4 is 0 Å². The molecule has 1 aromatic heterocycles. The Morgan fingerprint density at radius 2 is 1.69 bits per heavy atom. The summed E-state index contributed by atoms with van der Waals surface area (Å²) in [5.41, 5.74) is 3.36. The van der Waals surface area contributed by atoms with E-state index >= 15 is 0 Å². The molecular weight excluding hydrogens is 364 g/mol. The van der Waals surface area contributed by atoms with Crippen LogP contribution in [0.1, 0.15) is 30.5 Å². The van der Waals surface area contributed by atoms with E-state index in [1.165, 1.54) is 5.56 Å². The summed E-state index contributed by atoms with van der Waals surface area (Å²) in [4.78, 5) is 11.8. The molecule has 29 heavy (non-hydrogen) atoms. The van der Waals surface area contributed by atoms with Gasteiger partial charge in [0.25, 0.3) is 5.56 Å². The van der Waals surface area contributed by atoms with Crippen LogP contribution >= 0.6 is 0 Å². The third kappa shape index (κ3) is 5.72. The van der Waals surface area contributed by atoms with Gasteiger partial charge in [0.05, 0.1) is 19.8 Å². The normalized spacial score (nSPS) is 10.9. The molecule has 0 saturated carbocycles. The van der Waals surface area contributed by atoms with Crippen LogP contribution in [0.25, 0.3) is 0 Å². The molecule has 3 rings (SSSR count). The van der Waals surface area contributed by atoms with Crippen molar-refractivity contribution in [1.82, 2.24) is 9.88 Å². The molecule has 0 saturated heterocycles. The topological polar surface area (TPSA) is 52.5 Å². The molecule has 1 heterocycles. The van der Waals surface area contributed by atoms with Gasteiger partial charge in [-0.3, -0.25) is 4.79 Å². The fraction of sp³-hybridized carbons (Fsp3) is 0.292. The first-order valence-corrected chi connectivity index (χ1v) is 9.83. The molecule has 5 nitrogen and oxygen atoms in total. The third-order valence-electron chi connectivity index (χ3n) is 4.55. The molecule has 0 bridgehead atoms. The fourth-order valence-corrected chi connectivity index (χ4v) is 3.12. The van der Waals surface area contributed by atoms with Crippen molar-refractivity contribution in [2.45, 2.75) is 39.6 Å². The van der Waals surface area contributed by atoms with Crippen LogP contribution in [-0.2, 0) is 19.6 Å². The number of aromatic nitrogens is 1. The molecule has 0 aliphatic rings. The van der Waals surface area contributed by atoms with Gasteiger partial charge in [-0.25, -0.2) is 0 Å². The van der Waals surface area contributed by atoms with E-state index in [0.29, 0.717) is 13.1 Å². The molecule has 0 spiro atoms. The monoisotopic (exact) mass is 392 g/mol. The second kappa shape index (κ2) is 9.94. The Morgan fingerprint density at radius 3 is 2.38 bits per heavy atom. The van der Waals surface area contributed by atoms with Crippen LogP contribution < -0.4 is 20.3 Å². The Balaban J connectivity index is 1.60. The highest BCUT2D eigenvalue weighted by Gasteiger charge is 2.12. The Kier molecular flexibility index (Phi) is 7.09. The smallest absolute Gasteiger partial charge is 0.250 e. The van der Waals surface area contributed by atoms with Gasteiger partial charge in [0.1, 0.15) is 0 Å². The predicted octanol–water partition coefficient (Wildman–Crippen LogP) is 3.98. The Morgan fingerprint density at radius 1 is 0.931 bits per heavy atom. The molecule has 5 heteroatoms. The zero-order chi connectivity index (χ0) is 20.6. The SMILES string of the molecule is COc1cccc(CNCc2ccc(Cn3ccccc3=O)cc2)c1OC(C)C. The summed E-state index contributed by atoms with van der Waals surface area (Å²) >= 11 is 0. The van der Waals surface area contributed by atoms with Crippen molar-refractivity contribution in [3.05, 3.63) is 93.9 Å². The molecular formula is C24H28N2O3. The zero-order valence-electron chi connectivity index (χ0n) is 17.2. The van der Waals surface area contributed by atoms with E-state index in [0.717, 1.165) is 29.2 Å². The average molecular weight is 392 g/mol. The van der Waals surface area contributed by atoms with E-state index in [1.807, 2.05) is 44.3 Å². The highest BCUT2D eigenvalue weighted by atomic mass is 16.5. The number of nitrogens with one attached hydrogen (secondary N) is 1. The van der Waals surface area contributed by atoms with Crippen molar-refractivity contribution in [2.24, 2.45) is 0 Å². The number of ether oxygens (including phenoxy) is 2. The van der Waals surface area contributed by atoms with Crippen molar-refractivity contribution in [3.8, 4) is 11.5 Å². The zero-order valence-corrected chi connectivity index (χ0v) is 17.2. The van der Waals surface area contributed by atoms with E-state index in [9.17, 15) is 4.79 Å². The number of benzene rings is 2. The van der Waals surface area contributed by atoms with Crippen LogP contribution in [0.5, 0.6) is 11.5 Å². The summed E-state index contributed by atoms with van der Waals surface area (Å²) in [6.07, 6.45) is 1.89. The second-order valence-corrected chi connectivity index (χ2v) is 7.20. The van der Waals surface area contributed by atoms with E-state index in [2.05, 4.69) is 29.6 Å². The molecule has 1 N–H and O–H groups in total. The second-order valence-electron chi connectivity index (χ2n) is 7.20. The number of rotatable bonds is 9. The minimum absolute atomic E-state index is 0.0101. The van der Waals surface area contributed by atoms with Gasteiger partial charge < -0.3 is 19.4 Å². The van der Waals surface area contributed by atoms with Crippen molar-refractivity contribution < 1.29 is 9.47 Å². The molecule has 2 aromatic carbocycles. The first-order chi connectivity index (χ1) is 14.1. The van der Waals surface area contributed by atoms with Gasteiger partial charge >= 0.3 is 0 Å². The standard InChI is InChI=1S/C24H28N2O3/c1-18(2)29-24-21(7-6-8-22(24)28-3)16-25-15-19-10-12-20(13-11-19)17-26-14-5-4-9-23(26)27/h4-14,18,25H,15-17H2,1-3H3. The van der Waals surface area contributed by atoms with Crippen LogP contribution in [0.2, 0.25) is 0 Å². The summed E-state index contributed by atoms with van der Waals surface area (Å²) < 4.78 is 13.1. The van der Waals surface area contributed by atoms with Crippen molar-refractivity contribution in [1.29, 1.82) is 0 Å². The summed E-state index contributed by atoms with van der Waals surface area (Å²) in [5.74, 6) is 1.54. The maximum atomic E-state index is 11.8. The highest BCUT2D eigenvalue weighted by molar-refractivity contribution is 5.46. The highest BCUT2D eigenvalue weighted by Crippen LogP contribution is 2.32. The maximum Gasteiger partial charge on any atom is 0.250 e. The van der Waals surface area contributed by atoms with Crippen LogP contribution in [0, 0.1) is 0 Å². The predicted molar refractivity (Wildman–Crippen MR) is 116 cm³/mol. The number of nitrogens with zero attached hydrogens (tertiary/aromatic N) is 1. The lowest BCUT2D eigenvalue weighted by molar-refractivity contribution is 0.227. The lowest BCUT2D eigenvalue weighted by Crippen LogP contribution is -2.18. The first-order valence-electron chi connectivity index (χ1n) is 9.83. The molecule has 0 aliphatic carbocycles. The first kappa shape index (κ1) is 20.7. The summed E-state index contributed by atoms with van der Waals surface area (Å²) in [6.45, 7) is 6.01. The Hall–Kier alpha value is -3.05. The van der Waals surface area contributed by atoms with Crippen LogP contribution in [0.4, 0.5) is 0 Å². The molecule has 152 valence electrons. The van der Waals surface area contributed by atoms with Crippen molar-refractivity contribution in [3.63, 3.8) is 0 Å². The lowest BCUT2D eigenvalue weighted by atomic mass is 10.1. The maximum absolute atomic E-state index is 11.8. The molecule has 0 radical (unpaired) electrons. The molecule has 0 fully saturated rings. The quantitative estimate of drug-likeness (QED) is 0.598. The lowest BCUT2D eigenvalue weighted by Gasteiger charge is -2.17. The largest absolute Gasteiger partial charge is 0.493 e. The van der Waals surface area contributed by atoms with Gasteiger partial charge in [0, 0.05) is 30.9 Å². The minimum Gasteiger partial charge on any atom is -0.493 e. The van der Waals surface area contributed by atoms with Crippen molar-refractivity contribution in [2.75, 3.05) is 7.11 Å². The molecule has 0 atom stereocenters. The van der Waals surface area contributed by atoms with E-state index in [4.69, 9.17) is 9.47 Å². The van der Waals surface area contributed by atoms with Gasteiger partial charge in [-0.1, -0.05) is 42.5 Å². The summed E-state index contributed by atoms with van der Waals surface area (Å²) in [5, 5.41) is 3.47. The van der Waals surface area contributed by atoms with Gasteiger partial charge in [0.15, 0.2) is 11.5 Å². The number of hydrogen-bond acceptors (Lipinski definition) is 4. The van der Waals surface area contributed by atoms with Crippen LogP contribution in [0.3, 0.4) is 0 Å². The molecule has 0 aliphatic heterocycles. The van der Waals surface area contributed by atoms with E-state index in [-0.39, 0.29) is 11.7 Å². The fourth-order valence-electron chi connectivity index (χ4n) is 3.12. The summed E-state index contributed by atoms with van der Waals surface area (Å²) in [7, 11) is 1.66. The number of methoxy groups -OCH3 is 1. The molecule has 0 unspecified atom stereocenters. The number of para-hydroxylation sites is 1. The van der Waals surface area contributed by atoms with E-state index < -0.39 is 0 Å². The summed E-state index contributed by atoms with van der Waals surface area (Å²) in [6, 6.07) is 19.5. The Labute approximate surface area is 171 Å². The van der Waals surface area contributed by atoms with Gasteiger partial charge in [-0.15, -0.1) is 0 Å². The average Bonchev–Trinajstić information content (AvgIpc) is 2.71. The van der Waals surface area contributed by atoms with Crippen LogP contribution in [0.15, 0.2) is 71.7 Å². The number of pyridine rings is 1. The van der Waals surface area contributed by atoms with Gasteiger partial charge in [-0.2, -0.15) is 0 Å².